The molecule has 1 N–H and O–H groups in total. The minimum atomic E-state index is -0.966. The normalized spacial score (nSPS) is 13.9. The molecule has 1 atom stereocenters. The highest BCUT2D eigenvalue weighted by Crippen LogP contribution is 2.28. The lowest BCUT2D eigenvalue weighted by molar-refractivity contribution is -0.152. The number of aromatic nitrogens is 2. The maximum Gasteiger partial charge on any atom is 0.333 e. The first-order chi connectivity index (χ1) is 6.89. The van der Waals surface area contributed by atoms with Crippen LogP contribution in [-0.4, -0.2) is 34.1 Å². The van der Waals surface area contributed by atoms with E-state index in [4.69, 9.17) is 9.84 Å². The maximum atomic E-state index is 11.0. The summed E-state index contributed by atoms with van der Waals surface area (Å²) in [5.41, 5.74) is 0.244. The van der Waals surface area contributed by atoms with Gasteiger partial charge in [0.1, 0.15) is 0 Å². The molecule has 0 aromatic carbocycles. The predicted molar refractivity (Wildman–Crippen MR) is 54.7 cm³/mol. The predicted octanol–water partition coefficient (Wildman–Crippen LogP) is 0.797. The molecule has 0 amide bonds. The van der Waals surface area contributed by atoms with Gasteiger partial charge in [-0.2, -0.15) is 5.10 Å². The summed E-state index contributed by atoms with van der Waals surface area (Å²) >= 11 is 0. The first-order valence-electron chi connectivity index (χ1n) is 4.64. The number of carboxylic acids is 1. The van der Waals surface area contributed by atoms with Crippen LogP contribution in [-0.2, 0) is 22.0 Å². The van der Waals surface area contributed by atoms with E-state index in [2.05, 4.69) is 5.10 Å². The van der Waals surface area contributed by atoms with Gasteiger partial charge in [0.15, 0.2) is 6.10 Å². The van der Waals surface area contributed by atoms with E-state index in [0.29, 0.717) is 0 Å². The Morgan fingerprint density at radius 1 is 1.67 bits per heavy atom. The molecule has 0 aliphatic heterocycles. The smallest absolute Gasteiger partial charge is 0.333 e. The van der Waals surface area contributed by atoms with E-state index < -0.39 is 17.5 Å². The molecule has 1 rings (SSSR count). The molecule has 5 heteroatoms. The summed E-state index contributed by atoms with van der Waals surface area (Å²) in [6.45, 7) is 3.65. The van der Waals surface area contributed by atoms with Gasteiger partial charge < -0.3 is 9.84 Å². The summed E-state index contributed by atoms with van der Waals surface area (Å²) < 4.78 is 6.65. The molecule has 0 saturated heterocycles. The average Bonchev–Trinajstić information content (AvgIpc) is 2.52. The lowest BCUT2D eigenvalue weighted by Gasteiger charge is -2.29. The molecular formula is C10H16N2O3. The van der Waals surface area contributed by atoms with Crippen LogP contribution < -0.4 is 0 Å². The van der Waals surface area contributed by atoms with Crippen LogP contribution in [0, 0.1) is 0 Å². The standard InChI is InChI=1S/C10H16N2O3/c1-10(2,8(15-4)9(13)14)7-5-11-12(3)6-7/h5-6,8H,1-4H3,(H,13,14). The fourth-order valence-corrected chi connectivity index (χ4v) is 1.61. The molecule has 5 nitrogen and oxygen atoms in total. The zero-order chi connectivity index (χ0) is 11.6. The molecule has 1 aromatic rings. The zero-order valence-electron chi connectivity index (χ0n) is 9.39. The van der Waals surface area contributed by atoms with Crippen molar-refractivity contribution in [2.24, 2.45) is 7.05 Å². The van der Waals surface area contributed by atoms with Crippen LogP contribution in [0.2, 0.25) is 0 Å². The quantitative estimate of drug-likeness (QED) is 0.801. The van der Waals surface area contributed by atoms with E-state index in [-0.39, 0.29) is 0 Å². The molecule has 1 unspecified atom stereocenters. The number of ether oxygens (including phenoxy) is 1. The Kier molecular flexibility index (Phi) is 3.14. The summed E-state index contributed by atoms with van der Waals surface area (Å²) in [5.74, 6) is -0.966. The van der Waals surface area contributed by atoms with Gasteiger partial charge in [0.25, 0.3) is 0 Å². The summed E-state index contributed by atoms with van der Waals surface area (Å²) in [7, 11) is 3.19. The number of hydrogen-bond acceptors (Lipinski definition) is 3. The van der Waals surface area contributed by atoms with Crippen LogP contribution in [0.15, 0.2) is 12.4 Å². The zero-order valence-corrected chi connectivity index (χ0v) is 9.39. The molecule has 1 aromatic heterocycles. The van der Waals surface area contributed by atoms with Crippen molar-refractivity contribution in [1.29, 1.82) is 0 Å². The first-order valence-corrected chi connectivity index (χ1v) is 4.64. The van der Waals surface area contributed by atoms with Crippen molar-refractivity contribution in [2.45, 2.75) is 25.4 Å². The van der Waals surface area contributed by atoms with Gasteiger partial charge in [0.05, 0.1) is 6.20 Å². The Labute approximate surface area is 88.7 Å². The number of aliphatic carboxylic acids is 1. The Morgan fingerprint density at radius 2 is 2.27 bits per heavy atom. The maximum absolute atomic E-state index is 11.0. The molecule has 1 heterocycles. The minimum Gasteiger partial charge on any atom is -0.479 e. The van der Waals surface area contributed by atoms with Gasteiger partial charge in [0, 0.05) is 25.8 Å². The summed E-state index contributed by atoms with van der Waals surface area (Å²) in [4.78, 5) is 11.0. The number of hydrogen-bond donors (Lipinski definition) is 1. The molecule has 0 spiro atoms. The molecule has 0 aliphatic rings. The van der Waals surface area contributed by atoms with Gasteiger partial charge in [0.2, 0.25) is 0 Å². The van der Waals surface area contributed by atoms with E-state index in [1.807, 2.05) is 13.8 Å². The first kappa shape index (κ1) is 11.7. The van der Waals surface area contributed by atoms with Gasteiger partial charge in [-0.25, -0.2) is 4.79 Å². The van der Waals surface area contributed by atoms with Crippen LogP contribution in [0.5, 0.6) is 0 Å². The van der Waals surface area contributed by atoms with Gasteiger partial charge in [-0.3, -0.25) is 4.68 Å². The van der Waals surface area contributed by atoms with Crippen LogP contribution in [0.4, 0.5) is 0 Å². The molecule has 84 valence electrons. The van der Waals surface area contributed by atoms with Gasteiger partial charge in [-0.05, 0) is 5.56 Å². The number of carboxylic acid groups (broad SMARTS) is 1. The van der Waals surface area contributed by atoms with E-state index >= 15 is 0 Å². The van der Waals surface area contributed by atoms with Crippen molar-refractivity contribution in [3.05, 3.63) is 18.0 Å². The fourth-order valence-electron chi connectivity index (χ4n) is 1.61. The van der Waals surface area contributed by atoms with E-state index in [1.165, 1.54) is 7.11 Å². The van der Waals surface area contributed by atoms with Crippen LogP contribution in [0.3, 0.4) is 0 Å². The molecule has 0 saturated carbocycles. The van der Waals surface area contributed by atoms with Crippen molar-refractivity contribution >= 4 is 5.97 Å². The second-order valence-corrected chi connectivity index (χ2v) is 4.08. The minimum absolute atomic E-state index is 0.602. The van der Waals surface area contributed by atoms with Crippen LogP contribution in [0.25, 0.3) is 0 Å². The van der Waals surface area contributed by atoms with Crippen molar-refractivity contribution < 1.29 is 14.6 Å². The number of aryl methyl sites for hydroxylation is 1. The van der Waals surface area contributed by atoms with Crippen molar-refractivity contribution in [1.82, 2.24) is 9.78 Å². The third-order valence-corrected chi connectivity index (χ3v) is 2.56. The summed E-state index contributed by atoms with van der Waals surface area (Å²) in [6, 6.07) is 0. The SMILES string of the molecule is COC(C(=O)O)C(C)(C)c1cnn(C)c1. The summed E-state index contributed by atoms with van der Waals surface area (Å²) in [6.07, 6.45) is 2.59. The Morgan fingerprint density at radius 3 is 2.60 bits per heavy atom. The average molecular weight is 212 g/mol. The Bertz CT molecular complexity index is 357. The van der Waals surface area contributed by atoms with E-state index in [1.54, 1.807) is 24.1 Å². The number of nitrogens with zero attached hydrogens (tertiary/aromatic N) is 2. The van der Waals surface area contributed by atoms with E-state index in [9.17, 15) is 4.79 Å². The monoisotopic (exact) mass is 212 g/mol. The number of carbonyl (C=O) groups is 1. The Balaban J connectivity index is 3.04. The van der Waals surface area contributed by atoms with Gasteiger partial charge in [-0.1, -0.05) is 13.8 Å². The van der Waals surface area contributed by atoms with Gasteiger partial charge >= 0.3 is 5.97 Å². The van der Waals surface area contributed by atoms with Crippen LogP contribution in [0.1, 0.15) is 19.4 Å². The topological polar surface area (TPSA) is 64.3 Å². The molecule has 0 aliphatic carbocycles. The van der Waals surface area contributed by atoms with Crippen molar-refractivity contribution in [3.8, 4) is 0 Å². The third-order valence-electron chi connectivity index (χ3n) is 2.56. The second-order valence-electron chi connectivity index (χ2n) is 4.08. The number of methoxy groups -OCH3 is 1. The van der Waals surface area contributed by atoms with Gasteiger partial charge in [-0.15, -0.1) is 0 Å². The summed E-state index contributed by atoms with van der Waals surface area (Å²) in [5, 5.41) is 13.1. The fraction of sp³-hybridized carbons (Fsp3) is 0.600. The molecule has 0 radical (unpaired) electrons. The van der Waals surface area contributed by atoms with Crippen molar-refractivity contribution in [3.63, 3.8) is 0 Å². The highest BCUT2D eigenvalue weighted by atomic mass is 16.5. The second kappa shape index (κ2) is 4.02. The van der Waals surface area contributed by atoms with Crippen molar-refractivity contribution in [2.75, 3.05) is 7.11 Å². The molecule has 0 bridgehead atoms. The van der Waals surface area contributed by atoms with Crippen LogP contribution >= 0.6 is 0 Å². The Hall–Kier alpha value is -1.36. The molecule has 15 heavy (non-hydrogen) atoms. The molecule has 0 fully saturated rings. The lowest BCUT2D eigenvalue weighted by atomic mass is 9.81. The number of rotatable bonds is 4. The third kappa shape index (κ3) is 2.18. The highest BCUT2D eigenvalue weighted by Gasteiger charge is 2.37. The van der Waals surface area contributed by atoms with E-state index in [0.717, 1.165) is 5.56 Å². The lowest BCUT2D eigenvalue weighted by Crippen LogP contribution is -2.41. The highest BCUT2D eigenvalue weighted by molar-refractivity contribution is 5.74. The largest absolute Gasteiger partial charge is 0.479 e. The molecular weight excluding hydrogens is 196 g/mol.